The quantitative estimate of drug-likeness (QED) is 0.577. The van der Waals surface area contributed by atoms with E-state index in [2.05, 4.69) is 0 Å². The first-order chi connectivity index (χ1) is 7.47. The molecule has 0 saturated carbocycles. The lowest BCUT2D eigenvalue weighted by Crippen LogP contribution is -2.13. The molecule has 0 aromatic heterocycles. The van der Waals surface area contributed by atoms with Gasteiger partial charge in [0.2, 0.25) is 0 Å². The van der Waals surface area contributed by atoms with Crippen molar-refractivity contribution in [3.63, 3.8) is 0 Å². The van der Waals surface area contributed by atoms with Crippen molar-refractivity contribution in [2.75, 3.05) is 19.5 Å². The number of hydrogen-bond acceptors (Lipinski definition) is 4. The molecular formula is C10H14N2O3S. The third-order valence-corrected chi connectivity index (χ3v) is 3.78. The van der Waals surface area contributed by atoms with Gasteiger partial charge in [0.05, 0.1) is 17.3 Å². The van der Waals surface area contributed by atoms with Gasteiger partial charge in [0.1, 0.15) is 5.84 Å². The molecule has 0 heterocycles. The van der Waals surface area contributed by atoms with Gasteiger partial charge < -0.3 is 10.5 Å². The Morgan fingerprint density at radius 2 is 1.94 bits per heavy atom. The number of hydrogen-bond donors (Lipinski definition) is 2. The average Bonchev–Trinajstić information content (AvgIpc) is 2.26. The Kier molecular flexibility index (Phi) is 4.03. The molecule has 6 heteroatoms. The van der Waals surface area contributed by atoms with E-state index in [0.717, 1.165) is 0 Å². The van der Waals surface area contributed by atoms with Crippen LogP contribution >= 0.6 is 0 Å². The molecular weight excluding hydrogens is 228 g/mol. The van der Waals surface area contributed by atoms with Crippen molar-refractivity contribution < 1.29 is 13.2 Å². The van der Waals surface area contributed by atoms with Gasteiger partial charge in [-0.15, -0.1) is 0 Å². The molecule has 0 amide bonds. The molecule has 1 rings (SSSR count). The number of nitrogens with one attached hydrogen (secondary N) is 1. The van der Waals surface area contributed by atoms with Crippen molar-refractivity contribution >= 4 is 15.7 Å². The minimum absolute atomic E-state index is 0.0527. The largest absolute Gasteiger partial charge is 0.384 e. The normalized spacial score (nSPS) is 11.3. The van der Waals surface area contributed by atoms with Gasteiger partial charge in [-0.25, -0.2) is 8.42 Å². The summed E-state index contributed by atoms with van der Waals surface area (Å²) in [7, 11) is -1.85. The number of sulfone groups is 1. The summed E-state index contributed by atoms with van der Waals surface area (Å²) >= 11 is 0. The van der Waals surface area contributed by atoms with E-state index < -0.39 is 9.84 Å². The van der Waals surface area contributed by atoms with Crippen LogP contribution in [0, 0.1) is 5.41 Å². The Hall–Kier alpha value is -1.40. The van der Waals surface area contributed by atoms with Crippen LogP contribution in [-0.4, -0.2) is 33.7 Å². The van der Waals surface area contributed by atoms with Crippen molar-refractivity contribution in [3.8, 4) is 0 Å². The molecule has 1 aromatic carbocycles. The van der Waals surface area contributed by atoms with Crippen molar-refractivity contribution in [1.82, 2.24) is 0 Å². The molecule has 0 aliphatic heterocycles. The van der Waals surface area contributed by atoms with E-state index in [1.807, 2.05) is 0 Å². The van der Waals surface area contributed by atoms with Crippen LogP contribution in [0.1, 0.15) is 5.56 Å². The summed E-state index contributed by atoms with van der Waals surface area (Å²) in [5.74, 6) is -0.135. The molecule has 0 atom stereocenters. The van der Waals surface area contributed by atoms with E-state index in [-0.39, 0.29) is 23.1 Å². The van der Waals surface area contributed by atoms with Gasteiger partial charge in [-0.2, -0.15) is 0 Å². The van der Waals surface area contributed by atoms with E-state index in [9.17, 15) is 8.42 Å². The van der Waals surface area contributed by atoms with E-state index in [4.69, 9.17) is 15.9 Å². The molecule has 1 aromatic rings. The Balaban J connectivity index is 2.93. The highest BCUT2D eigenvalue weighted by Gasteiger charge is 2.13. The highest BCUT2D eigenvalue weighted by molar-refractivity contribution is 7.91. The second-order valence-electron chi connectivity index (χ2n) is 3.25. The second kappa shape index (κ2) is 5.09. The van der Waals surface area contributed by atoms with Crippen LogP contribution in [-0.2, 0) is 14.6 Å². The highest BCUT2D eigenvalue weighted by Crippen LogP contribution is 2.12. The minimum atomic E-state index is -3.30. The molecule has 16 heavy (non-hydrogen) atoms. The van der Waals surface area contributed by atoms with Gasteiger partial charge in [0, 0.05) is 12.7 Å². The third-order valence-electron chi connectivity index (χ3n) is 2.08. The first-order valence-corrected chi connectivity index (χ1v) is 6.29. The Morgan fingerprint density at radius 3 is 2.38 bits per heavy atom. The smallest absolute Gasteiger partial charge is 0.180 e. The number of nitrogens with two attached hydrogens (primary N) is 1. The predicted octanol–water partition coefficient (Wildman–Crippen LogP) is 0.391. The van der Waals surface area contributed by atoms with Crippen molar-refractivity contribution in [3.05, 3.63) is 29.8 Å². The summed E-state index contributed by atoms with van der Waals surface area (Å²) in [6, 6.07) is 5.92. The van der Waals surface area contributed by atoms with Crippen molar-refractivity contribution in [2.24, 2.45) is 5.73 Å². The lowest BCUT2D eigenvalue weighted by Gasteiger charge is -2.04. The Labute approximate surface area is 94.7 Å². The van der Waals surface area contributed by atoms with Crippen LogP contribution in [0.4, 0.5) is 0 Å². The number of benzene rings is 1. The molecule has 3 N–H and O–H groups in total. The van der Waals surface area contributed by atoms with E-state index in [0.29, 0.717) is 5.56 Å². The summed E-state index contributed by atoms with van der Waals surface area (Å²) in [4.78, 5) is 0.217. The molecule has 0 spiro atoms. The lowest BCUT2D eigenvalue weighted by atomic mass is 10.2. The predicted molar refractivity (Wildman–Crippen MR) is 61.4 cm³/mol. The first-order valence-electron chi connectivity index (χ1n) is 4.63. The fraction of sp³-hybridized carbons (Fsp3) is 0.300. The van der Waals surface area contributed by atoms with Gasteiger partial charge >= 0.3 is 0 Å². The van der Waals surface area contributed by atoms with Gasteiger partial charge in [-0.1, -0.05) is 12.1 Å². The number of ether oxygens (including phenoxy) is 1. The average molecular weight is 242 g/mol. The number of methoxy groups -OCH3 is 1. The standard InChI is InChI=1S/C10H14N2O3S/c1-15-6-7-16(13,14)9-4-2-8(3-5-9)10(11)12/h2-5H,6-7H2,1H3,(H3,11,12). The van der Waals surface area contributed by atoms with Crippen LogP contribution in [0.2, 0.25) is 0 Å². The molecule has 0 bridgehead atoms. The third kappa shape index (κ3) is 3.04. The molecule has 0 saturated heterocycles. The number of nitrogen functional groups attached to an aromatic ring is 1. The molecule has 0 unspecified atom stereocenters. The SMILES string of the molecule is COCCS(=O)(=O)c1ccc(C(=N)N)cc1. The summed E-state index contributed by atoms with van der Waals surface area (Å²) < 4.78 is 28.1. The van der Waals surface area contributed by atoms with Crippen LogP contribution in [0.5, 0.6) is 0 Å². The van der Waals surface area contributed by atoms with Crippen LogP contribution in [0.15, 0.2) is 29.2 Å². The maximum absolute atomic E-state index is 11.7. The fourth-order valence-corrected chi connectivity index (χ4v) is 2.33. The van der Waals surface area contributed by atoms with Gasteiger partial charge in [0.15, 0.2) is 9.84 Å². The maximum atomic E-state index is 11.7. The summed E-state index contributed by atoms with van der Waals surface area (Å²) in [5.41, 5.74) is 5.77. The van der Waals surface area contributed by atoms with Crippen molar-refractivity contribution in [1.29, 1.82) is 5.41 Å². The number of amidine groups is 1. The van der Waals surface area contributed by atoms with Crippen molar-refractivity contribution in [2.45, 2.75) is 4.90 Å². The lowest BCUT2D eigenvalue weighted by molar-refractivity contribution is 0.217. The minimum Gasteiger partial charge on any atom is -0.384 e. The second-order valence-corrected chi connectivity index (χ2v) is 5.36. The monoisotopic (exact) mass is 242 g/mol. The summed E-state index contributed by atoms with van der Waals surface area (Å²) in [5, 5.41) is 7.18. The zero-order valence-electron chi connectivity index (χ0n) is 8.93. The molecule has 88 valence electrons. The van der Waals surface area contributed by atoms with E-state index in [1.54, 1.807) is 0 Å². The molecule has 0 aliphatic carbocycles. The van der Waals surface area contributed by atoms with Crippen LogP contribution in [0.3, 0.4) is 0 Å². The molecule has 0 radical (unpaired) electrons. The van der Waals surface area contributed by atoms with Gasteiger partial charge in [-0.3, -0.25) is 5.41 Å². The summed E-state index contributed by atoms with van der Waals surface area (Å²) in [6.45, 7) is 0.163. The van der Waals surface area contributed by atoms with Gasteiger partial charge in [0.25, 0.3) is 0 Å². The Bertz CT molecular complexity index is 465. The summed E-state index contributed by atoms with van der Waals surface area (Å²) in [6.07, 6.45) is 0. The number of rotatable bonds is 5. The maximum Gasteiger partial charge on any atom is 0.180 e. The van der Waals surface area contributed by atoms with E-state index >= 15 is 0 Å². The zero-order chi connectivity index (χ0) is 12.2. The molecule has 5 nitrogen and oxygen atoms in total. The van der Waals surface area contributed by atoms with Crippen LogP contribution < -0.4 is 5.73 Å². The first kappa shape index (κ1) is 12.7. The van der Waals surface area contributed by atoms with E-state index in [1.165, 1.54) is 31.4 Å². The highest BCUT2D eigenvalue weighted by atomic mass is 32.2. The van der Waals surface area contributed by atoms with Crippen LogP contribution in [0.25, 0.3) is 0 Å². The molecule has 0 aliphatic rings. The zero-order valence-corrected chi connectivity index (χ0v) is 9.75. The Morgan fingerprint density at radius 1 is 1.38 bits per heavy atom. The molecule has 0 fully saturated rings. The fourth-order valence-electron chi connectivity index (χ4n) is 1.15. The topological polar surface area (TPSA) is 93.2 Å². The van der Waals surface area contributed by atoms with Gasteiger partial charge in [-0.05, 0) is 12.1 Å².